The summed E-state index contributed by atoms with van der Waals surface area (Å²) in [4.78, 5) is 8.92. The van der Waals surface area contributed by atoms with E-state index < -0.39 is 0 Å². The number of hydrogen-bond donors (Lipinski definition) is 2. The monoisotopic (exact) mass is 413 g/mol. The molecule has 0 bridgehead atoms. The largest absolute Gasteiger partial charge is 0.491 e. The third-order valence-corrected chi connectivity index (χ3v) is 4.98. The fourth-order valence-electron chi connectivity index (χ4n) is 3.49. The first-order valence-electron chi connectivity index (χ1n) is 10.6. The minimum absolute atomic E-state index is 0.148. The number of nitrogens with two attached hydrogens (primary N) is 1. The molecule has 0 unspecified atom stereocenters. The summed E-state index contributed by atoms with van der Waals surface area (Å²) < 4.78 is 19.6. The highest BCUT2D eigenvalue weighted by molar-refractivity contribution is 5.92. The minimum Gasteiger partial charge on any atom is -0.491 e. The van der Waals surface area contributed by atoms with Crippen LogP contribution >= 0.6 is 0 Å². The van der Waals surface area contributed by atoms with Crippen molar-refractivity contribution in [3.63, 3.8) is 0 Å². The molecule has 0 saturated carbocycles. The molecular formula is C23H32FN5O. The molecule has 0 radical (unpaired) electrons. The molecule has 7 heteroatoms. The number of benzene rings is 2. The van der Waals surface area contributed by atoms with Gasteiger partial charge in [0.15, 0.2) is 5.96 Å². The summed E-state index contributed by atoms with van der Waals surface area (Å²) >= 11 is 0. The van der Waals surface area contributed by atoms with Gasteiger partial charge in [-0.15, -0.1) is 0 Å². The van der Waals surface area contributed by atoms with Crippen molar-refractivity contribution < 1.29 is 9.13 Å². The Labute approximate surface area is 178 Å². The molecule has 162 valence electrons. The number of anilines is 2. The zero-order chi connectivity index (χ0) is 21.3. The number of hydrogen-bond acceptors (Lipinski definition) is 4. The molecule has 3 rings (SSSR count). The van der Waals surface area contributed by atoms with Gasteiger partial charge < -0.3 is 20.7 Å². The highest BCUT2D eigenvalue weighted by Crippen LogP contribution is 2.20. The molecule has 0 aliphatic carbocycles. The lowest BCUT2D eigenvalue weighted by atomic mass is 10.2. The van der Waals surface area contributed by atoms with E-state index in [1.807, 2.05) is 50.2 Å². The van der Waals surface area contributed by atoms with Crippen LogP contribution in [0.4, 0.5) is 15.8 Å². The average Bonchev–Trinajstić information content (AvgIpc) is 2.73. The Kier molecular flexibility index (Phi) is 7.90. The van der Waals surface area contributed by atoms with Crippen LogP contribution in [0.2, 0.25) is 0 Å². The van der Waals surface area contributed by atoms with E-state index >= 15 is 0 Å². The lowest BCUT2D eigenvalue weighted by Gasteiger charge is -2.36. The van der Waals surface area contributed by atoms with Gasteiger partial charge in [-0.2, -0.15) is 0 Å². The Bertz CT molecular complexity index is 817. The van der Waals surface area contributed by atoms with Crippen LogP contribution < -0.4 is 20.7 Å². The summed E-state index contributed by atoms with van der Waals surface area (Å²) in [6, 6.07) is 14.7. The molecule has 30 heavy (non-hydrogen) atoms. The van der Waals surface area contributed by atoms with Crippen LogP contribution in [0.5, 0.6) is 5.75 Å². The Morgan fingerprint density at radius 2 is 1.80 bits per heavy atom. The fourth-order valence-corrected chi connectivity index (χ4v) is 3.49. The van der Waals surface area contributed by atoms with Crippen molar-refractivity contribution in [2.24, 2.45) is 10.7 Å². The molecular weight excluding hydrogens is 381 g/mol. The van der Waals surface area contributed by atoms with Crippen LogP contribution in [0, 0.1) is 5.82 Å². The van der Waals surface area contributed by atoms with Gasteiger partial charge in [-0.1, -0.05) is 12.1 Å². The van der Waals surface area contributed by atoms with Crippen LogP contribution in [0.15, 0.2) is 53.5 Å². The normalized spacial score (nSPS) is 15.5. The topological polar surface area (TPSA) is 66.1 Å². The number of para-hydroxylation sites is 1. The van der Waals surface area contributed by atoms with E-state index in [2.05, 4.69) is 20.1 Å². The Morgan fingerprint density at radius 3 is 2.47 bits per heavy atom. The molecule has 1 saturated heterocycles. The van der Waals surface area contributed by atoms with Gasteiger partial charge in [-0.3, -0.25) is 9.89 Å². The van der Waals surface area contributed by atoms with Crippen molar-refractivity contribution in [1.29, 1.82) is 0 Å². The molecule has 1 fully saturated rings. The second-order valence-corrected chi connectivity index (χ2v) is 7.72. The predicted molar refractivity (Wildman–Crippen MR) is 122 cm³/mol. The maximum Gasteiger partial charge on any atom is 0.193 e. The van der Waals surface area contributed by atoms with Gasteiger partial charge in [0, 0.05) is 45.0 Å². The van der Waals surface area contributed by atoms with E-state index in [4.69, 9.17) is 10.5 Å². The van der Waals surface area contributed by atoms with E-state index in [1.54, 1.807) is 6.07 Å². The molecule has 0 amide bonds. The summed E-state index contributed by atoms with van der Waals surface area (Å²) in [6.07, 6.45) is 1.08. The van der Waals surface area contributed by atoms with E-state index in [1.165, 1.54) is 6.07 Å². The van der Waals surface area contributed by atoms with Crippen LogP contribution in [-0.2, 0) is 0 Å². The van der Waals surface area contributed by atoms with Crippen molar-refractivity contribution >= 4 is 17.3 Å². The number of aliphatic imine (C=N–C) groups is 1. The van der Waals surface area contributed by atoms with E-state index in [0.29, 0.717) is 18.2 Å². The smallest absolute Gasteiger partial charge is 0.193 e. The maximum absolute atomic E-state index is 13.9. The van der Waals surface area contributed by atoms with Gasteiger partial charge in [0.1, 0.15) is 11.6 Å². The summed E-state index contributed by atoms with van der Waals surface area (Å²) in [5, 5.41) is 3.11. The number of guanidine groups is 1. The van der Waals surface area contributed by atoms with Gasteiger partial charge in [0.05, 0.1) is 11.8 Å². The first kappa shape index (κ1) is 21.9. The number of rotatable bonds is 8. The molecule has 0 aromatic heterocycles. The second kappa shape index (κ2) is 10.8. The molecule has 1 heterocycles. The van der Waals surface area contributed by atoms with Gasteiger partial charge >= 0.3 is 0 Å². The number of piperazine rings is 1. The zero-order valence-electron chi connectivity index (χ0n) is 17.9. The lowest BCUT2D eigenvalue weighted by molar-refractivity contribution is 0.242. The SMILES string of the molecule is CC(C)Oc1ccc(NC(N)=NCCCN2CCN(c3ccccc3F)CC2)cc1. The van der Waals surface area contributed by atoms with Gasteiger partial charge in [-0.25, -0.2) is 4.39 Å². The quantitative estimate of drug-likeness (QED) is 0.394. The first-order valence-corrected chi connectivity index (χ1v) is 10.6. The summed E-state index contributed by atoms with van der Waals surface area (Å²) in [5.74, 6) is 1.10. The molecule has 2 aromatic rings. The second-order valence-electron chi connectivity index (χ2n) is 7.72. The third-order valence-electron chi connectivity index (χ3n) is 4.98. The highest BCUT2D eigenvalue weighted by Gasteiger charge is 2.18. The van der Waals surface area contributed by atoms with Gasteiger partial charge in [0.25, 0.3) is 0 Å². The van der Waals surface area contributed by atoms with Crippen molar-refractivity contribution in [1.82, 2.24) is 4.90 Å². The van der Waals surface area contributed by atoms with Crippen LogP contribution in [0.3, 0.4) is 0 Å². The summed E-state index contributed by atoms with van der Waals surface area (Å²) in [5.41, 5.74) is 7.58. The van der Waals surface area contributed by atoms with Crippen LogP contribution in [0.25, 0.3) is 0 Å². The van der Waals surface area contributed by atoms with Crippen molar-refractivity contribution in [2.75, 3.05) is 49.5 Å². The standard InChI is InChI=1S/C23H32FN5O/c1-18(2)30-20-10-8-19(9-11-20)27-23(25)26-12-5-13-28-14-16-29(17-15-28)22-7-4-3-6-21(22)24/h3-4,6-11,18H,5,12-17H2,1-2H3,(H3,25,26,27). The van der Waals surface area contributed by atoms with Crippen LogP contribution in [-0.4, -0.2) is 56.2 Å². The van der Waals surface area contributed by atoms with E-state index in [9.17, 15) is 4.39 Å². The molecule has 1 aliphatic heterocycles. The molecule has 0 spiro atoms. The number of nitrogens with one attached hydrogen (secondary N) is 1. The van der Waals surface area contributed by atoms with Crippen molar-refractivity contribution in [3.8, 4) is 5.75 Å². The molecule has 2 aromatic carbocycles. The van der Waals surface area contributed by atoms with Crippen LogP contribution in [0.1, 0.15) is 20.3 Å². The first-order chi connectivity index (χ1) is 14.5. The average molecular weight is 414 g/mol. The van der Waals surface area contributed by atoms with Crippen molar-refractivity contribution in [2.45, 2.75) is 26.4 Å². The molecule has 0 atom stereocenters. The van der Waals surface area contributed by atoms with E-state index in [0.717, 1.165) is 50.6 Å². The van der Waals surface area contributed by atoms with Gasteiger partial charge in [0.2, 0.25) is 0 Å². The Morgan fingerprint density at radius 1 is 1.10 bits per heavy atom. The zero-order valence-corrected chi connectivity index (χ0v) is 17.9. The predicted octanol–water partition coefficient (Wildman–Crippen LogP) is 3.55. The third kappa shape index (κ3) is 6.62. The summed E-state index contributed by atoms with van der Waals surface area (Å²) in [6.45, 7) is 9.16. The lowest BCUT2D eigenvalue weighted by Crippen LogP contribution is -2.47. The molecule has 6 nitrogen and oxygen atoms in total. The van der Waals surface area contributed by atoms with E-state index in [-0.39, 0.29) is 11.9 Å². The minimum atomic E-state index is -0.148. The fraction of sp³-hybridized carbons (Fsp3) is 0.435. The summed E-state index contributed by atoms with van der Waals surface area (Å²) in [7, 11) is 0. The van der Waals surface area contributed by atoms with Gasteiger partial charge in [-0.05, 0) is 56.7 Å². The molecule has 1 aliphatic rings. The Balaban J connectivity index is 1.35. The Hall–Kier alpha value is -2.80. The van der Waals surface area contributed by atoms with Crippen molar-refractivity contribution in [3.05, 3.63) is 54.3 Å². The number of ether oxygens (including phenoxy) is 1. The highest BCUT2D eigenvalue weighted by atomic mass is 19.1. The maximum atomic E-state index is 13.9. The number of nitrogens with zero attached hydrogens (tertiary/aromatic N) is 3. The number of halogens is 1. The molecule has 3 N–H and O–H groups in total.